The quantitative estimate of drug-likeness (QED) is 0.836. The number of nitrogens with one attached hydrogen (secondary N) is 1. The van der Waals surface area contributed by atoms with E-state index in [1.807, 2.05) is 34.4 Å². The van der Waals surface area contributed by atoms with Crippen molar-refractivity contribution in [2.24, 2.45) is 0 Å². The normalized spacial score (nSPS) is 20.5. The lowest BCUT2D eigenvalue weighted by atomic mass is 10.2. The predicted octanol–water partition coefficient (Wildman–Crippen LogP) is 2.48. The maximum Gasteiger partial charge on any atom is 0.264 e. The van der Waals surface area contributed by atoms with E-state index in [9.17, 15) is 4.79 Å². The van der Waals surface area contributed by atoms with Gasteiger partial charge in [0.25, 0.3) is 5.56 Å². The molecule has 0 bridgehead atoms. The van der Waals surface area contributed by atoms with Crippen LogP contribution in [0, 0.1) is 3.57 Å². The molecule has 0 aromatic carbocycles. The largest absolute Gasteiger partial charge is 0.378 e. The summed E-state index contributed by atoms with van der Waals surface area (Å²) in [7, 11) is 1.62. The van der Waals surface area contributed by atoms with Gasteiger partial charge in [0.15, 0.2) is 0 Å². The minimum Gasteiger partial charge on any atom is -0.378 e. The van der Waals surface area contributed by atoms with Crippen LogP contribution in [-0.2, 0) is 11.3 Å². The van der Waals surface area contributed by atoms with Crippen molar-refractivity contribution in [1.29, 1.82) is 0 Å². The van der Waals surface area contributed by atoms with Crippen molar-refractivity contribution in [3.63, 3.8) is 0 Å². The smallest absolute Gasteiger partial charge is 0.264 e. The minimum absolute atomic E-state index is 0.0474. The summed E-state index contributed by atoms with van der Waals surface area (Å²) in [5, 5.41) is 0.337. The molecule has 6 heteroatoms. The van der Waals surface area contributed by atoms with Gasteiger partial charge in [0.2, 0.25) is 0 Å². The van der Waals surface area contributed by atoms with E-state index in [-0.39, 0.29) is 5.56 Å². The number of hydrogen-bond donors (Lipinski definition) is 1. The monoisotopic (exact) mass is 366 g/mol. The van der Waals surface area contributed by atoms with Gasteiger partial charge in [0.1, 0.15) is 9.39 Å². The van der Waals surface area contributed by atoms with E-state index in [1.165, 1.54) is 12.8 Å². The molecular weight excluding hydrogens is 351 g/mol. The summed E-state index contributed by atoms with van der Waals surface area (Å²) < 4.78 is 5.71. The van der Waals surface area contributed by atoms with Crippen molar-refractivity contribution < 1.29 is 4.74 Å². The number of halogens is 1. The SMILES string of the molecule is COCc1nc(C2CCCCS2)[nH]c(=O)c1I. The zero-order chi connectivity index (χ0) is 12.3. The molecule has 0 aliphatic carbocycles. The number of methoxy groups -OCH3 is 1. The molecule has 0 spiro atoms. The molecule has 4 nitrogen and oxygen atoms in total. The first-order chi connectivity index (χ1) is 8.22. The van der Waals surface area contributed by atoms with E-state index >= 15 is 0 Å². The Morgan fingerprint density at radius 3 is 3.06 bits per heavy atom. The summed E-state index contributed by atoms with van der Waals surface area (Å²) in [6, 6.07) is 0. The standard InChI is InChI=1S/C11H15IN2O2S/c1-16-6-7-9(12)11(15)14-10(13-7)8-4-2-3-5-17-8/h8H,2-6H2,1H3,(H,13,14,15). The molecule has 94 valence electrons. The van der Waals surface area contributed by atoms with Crippen LogP contribution in [0.15, 0.2) is 4.79 Å². The maximum absolute atomic E-state index is 11.8. The maximum atomic E-state index is 11.8. The molecule has 0 radical (unpaired) electrons. The lowest BCUT2D eigenvalue weighted by Crippen LogP contribution is -2.20. The van der Waals surface area contributed by atoms with Gasteiger partial charge in [-0.1, -0.05) is 6.42 Å². The van der Waals surface area contributed by atoms with Crippen LogP contribution >= 0.6 is 34.4 Å². The molecule has 1 saturated heterocycles. The fourth-order valence-electron chi connectivity index (χ4n) is 1.87. The van der Waals surface area contributed by atoms with Gasteiger partial charge in [0, 0.05) is 7.11 Å². The average Bonchev–Trinajstić information content (AvgIpc) is 2.36. The predicted molar refractivity (Wildman–Crippen MR) is 77.3 cm³/mol. The summed E-state index contributed by atoms with van der Waals surface area (Å²) in [5.41, 5.74) is 0.701. The molecule has 1 aliphatic rings. The lowest BCUT2D eigenvalue weighted by molar-refractivity contribution is 0.180. The number of nitrogens with zero attached hydrogens (tertiary/aromatic N) is 1. The molecule has 1 aromatic rings. The number of aromatic nitrogens is 2. The highest BCUT2D eigenvalue weighted by atomic mass is 127. The zero-order valence-electron chi connectivity index (χ0n) is 9.66. The zero-order valence-corrected chi connectivity index (χ0v) is 12.6. The molecule has 1 unspecified atom stereocenters. The van der Waals surface area contributed by atoms with Crippen LogP contribution in [0.4, 0.5) is 0 Å². The van der Waals surface area contributed by atoms with Gasteiger partial charge >= 0.3 is 0 Å². The highest BCUT2D eigenvalue weighted by molar-refractivity contribution is 14.1. The molecule has 17 heavy (non-hydrogen) atoms. The van der Waals surface area contributed by atoms with Crippen molar-refractivity contribution in [3.05, 3.63) is 25.4 Å². The summed E-state index contributed by atoms with van der Waals surface area (Å²) in [6.07, 6.45) is 3.58. The number of H-pyrrole nitrogens is 1. The summed E-state index contributed by atoms with van der Waals surface area (Å²) in [5.74, 6) is 1.96. The highest BCUT2D eigenvalue weighted by Crippen LogP contribution is 2.36. The Bertz CT molecular complexity index is 444. The van der Waals surface area contributed by atoms with E-state index in [2.05, 4.69) is 9.97 Å². The molecular formula is C11H15IN2O2S. The van der Waals surface area contributed by atoms with Crippen molar-refractivity contribution >= 4 is 34.4 Å². The van der Waals surface area contributed by atoms with E-state index < -0.39 is 0 Å². The second-order valence-corrected chi connectivity index (χ2v) is 6.39. The molecule has 2 rings (SSSR count). The van der Waals surface area contributed by atoms with Crippen LogP contribution in [0.25, 0.3) is 0 Å². The van der Waals surface area contributed by atoms with Gasteiger partial charge in [-0.15, -0.1) is 0 Å². The van der Waals surface area contributed by atoms with Gasteiger partial charge in [-0.05, 0) is 41.2 Å². The molecule has 0 amide bonds. The average molecular weight is 366 g/mol. The van der Waals surface area contributed by atoms with Crippen LogP contribution in [0.2, 0.25) is 0 Å². The molecule has 1 aromatic heterocycles. The molecule has 1 fully saturated rings. The number of ether oxygens (including phenoxy) is 1. The Morgan fingerprint density at radius 2 is 2.41 bits per heavy atom. The van der Waals surface area contributed by atoms with Gasteiger partial charge in [0.05, 0.1) is 17.6 Å². The third kappa shape index (κ3) is 3.23. The molecule has 1 aliphatic heterocycles. The van der Waals surface area contributed by atoms with Gasteiger partial charge in [-0.25, -0.2) is 4.98 Å². The second-order valence-electron chi connectivity index (χ2n) is 4.00. The Morgan fingerprint density at radius 1 is 1.59 bits per heavy atom. The van der Waals surface area contributed by atoms with Crippen molar-refractivity contribution in [2.75, 3.05) is 12.9 Å². The topological polar surface area (TPSA) is 55.0 Å². The first kappa shape index (κ1) is 13.4. The number of thioether (sulfide) groups is 1. The van der Waals surface area contributed by atoms with Crippen molar-refractivity contribution in [1.82, 2.24) is 9.97 Å². The van der Waals surface area contributed by atoms with Crippen LogP contribution in [0.1, 0.15) is 36.0 Å². The third-order valence-corrected chi connectivity index (χ3v) is 5.21. The Labute approximate surface area is 118 Å². The Hall–Kier alpha value is -0.0800. The fourth-order valence-corrected chi connectivity index (χ4v) is 3.54. The van der Waals surface area contributed by atoms with Gasteiger partial charge in [-0.3, -0.25) is 4.79 Å². The van der Waals surface area contributed by atoms with E-state index in [4.69, 9.17) is 4.74 Å². The summed E-state index contributed by atoms with van der Waals surface area (Å²) >= 11 is 3.90. The number of rotatable bonds is 3. The molecule has 0 saturated carbocycles. The molecule has 2 heterocycles. The minimum atomic E-state index is -0.0474. The van der Waals surface area contributed by atoms with Crippen LogP contribution < -0.4 is 5.56 Å². The highest BCUT2D eigenvalue weighted by Gasteiger charge is 2.20. The van der Waals surface area contributed by atoms with Crippen molar-refractivity contribution in [2.45, 2.75) is 31.1 Å². The van der Waals surface area contributed by atoms with Crippen LogP contribution in [-0.4, -0.2) is 22.8 Å². The lowest BCUT2D eigenvalue weighted by Gasteiger charge is -2.20. The number of aromatic amines is 1. The molecule has 1 atom stereocenters. The Balaban J connectivity index is 2.30. The van der Waals surface area contributed by atoms with Gasteiger partial charge in [-0.2, -0.15) is 11.8 Å². The second kappa shape index (κ2) is 6.19. The summed E-state index contributed by atoms with van der Waals surface area (Å²) in [6.45, 7) is 0.395. The Kier molecular flexibility index (Phi) is 4.87. The summed E-state index contributed by atoms with van der Waals surface area (Å²) in [4.78, 5) is 19.2. The van der Waals surface area contributed by atoms with Crippen molar-refractivity contribution in [3.8, 4) is 0 Å². The molecule has 1 N–H and O–H groups in total. The first-order valence-corrected chi connectivity index (χ1v) is 7.74. The van der Waals surface area contributed by atoms with Crippen LogP contribution in [0.5, 0.6) is 0 Å². The van der Waals surface area contributed by atoms with E-state index in [0.717, 1.165) is 23.7 Å². The first-order valence-electron chi connectivity index (χ1n) is 5.61. The van der Waals surface area contributed by atoms with E-state index in [1.54, 1.807) is 7.11 Å². The van der Waals surface area contributed by atoms with E-state index in [0.29, 0.717) is 15.4 Å². The van der Waals surface area contributed by atoms with Gasteiger partial charge < -0.3 is 9.72 Å². The van der Waals surface area contributed by atoms with Crippen LogP contribution in [0.3, 0.4) is 0 Å². The fraction of sp³-hybridized carbons (Fsp3) is 0.636. The third-order valence-electron chi connectivity index (χ3n) is 2.72. The number of hydrogen-bond acceptors (Lipinski definition) is 4.